The first kappa shape index (κ1) is 19.3. The highest BCUT2D eigenvalue weighted by molar-refractivity contribution is 7.10. The van der Waals surface area contributed by atoms with E-state index in [4.69, 9.17) is 9.15 Å². The second-order valence-corrected chi connectivity index (χ2v) is 8.06. The first-order valence-corrected chi connectivity index (χ1v) is 10.7. The predicted octanol–water partition coefficient (Wildman–Crippen LogP) is 3.58. The monoisotopic (exact) mass is 398 g/mol. The number of nitrogens with one attached hydrogen (secondary N) is 1. The SMILES string of the molecule is CCc1ccc2c(CNC[C@@H](c3cccs3)N3CCOCC3)cc(=O)oc2c1. The standard InChI is InChI=1S/C22H26N2O3S/c1-2-16-5-6-18-17(13-22(25)27-20(18)12-16)14-23-15-19(21-4-3-11-28-21)24-7-9-26-10-8-24/h3-6,11-13,19,23H,2,7-10,14-15H2,1H3/t19-/m0/s1. The molecular formula is C22H26N2O3S. The largest absolute Gasteiger partial charge is 0.423 e. The third-order valence-corrected chi connectivity index (χ3v) is 6.29. The van der Waals surface area contributed by atoms with Crippen molar-refractivity contribution in [1.29, 1.82) is 0 Å². The van der Waals surface area contributed by atoms with Gasteiger partial charge >= 0.3 is 5.63 Å². The normalized spacial score (nSPS) is 16.5. The Bertz CT molecular complexity index is 962. The van der Waals surface area contributed by atoms with Gasteiger partial charge in [0.25, 0.3) is 0 Å². The van der Waals surface area contributed by atoms with Gasteiger partial charge in [-0.15, -0.1) is 11.3 Å². The molecule has 1 aliphatic heterocycles. The van der Waals surface area contributed by atoms with Crippen LogP contribution >= 0.6 is 11.3 Å². The second-order valence-electron chi connectivity index (χ2n) is 7.09. The van der Waals surface area contributed by atoms with Crippen molar-refractivity contribution < 1.29 is 9.15 Å². The molecule has 0 unspecified atom stereocenters. The van der Waals surface area contributed by atoms with E-state index >= 15 is 0 Å². The zero-order valence-corrected chi connectivity index (χ0v) is 17.0. The van der Waals surface area contributed by atoms with E-state index in [2.05, 4.69) is 46.8 Å². The number of thiophene rings is 1. The maximum absolute atomic E-state index is 12.0. The molecule has 0 saturated carbocycles. The molecule has 148 valence electrons. The van der Waals surface area contributed by atoms with E-state index in [-0.39, 0.29) is 5.63 Å². The highest BCUT2D eigenvalue weighted by Crippen LogP contribution is 2.26. The number of morpholine rings is 1. The Balaban J connectivity index is 1.50. The molecule has 1 aromatic carbocycles. The van der Waals surface area contributed by atoms with Gasteiger partial charge in [0.2, 0.25) is 0 Å². The van der Waals surface area contributed by atoms with Crippen LogP contribution in [-0.2, 0) is 17.7 Å². The third-order valence-electron chi connectivity index (χ3n) is 5.31. The molecule has 28 heavy (non-hydrogen) atoms. The molecule has 4 rings (SSSR count). The predicted molar refractivity (Wildman–Crippen MR) is 113 cm³/mol. The molecule has 0 spiro atoms. The Kier molecular flexibility index (Phi) is 6.22. The summed E-state index contributed by atoms with van der Waals surface area (Å²) in [5.74, 6) is 0. The molecule has 1 N–H and O–H groups in total. The number of benzene rings is 1. The topological polar surface area (TPSA) is 54.7 Å². The van der Waals surface area contributed by atoms with Crippen molar-refractivity contribution in [2.24, 2.45) is 0 Å². The van der Waals surface area contributed by atoms with E-state index in [1.807, 2.05) is 6.07 Å². The summed E-state index contributed by atoms with van der Waals surface area (Å²) in [6.45, 7) is 7.03. The molecule has 0 aliphatic carbocycles. The van der Waals surface area contributed by atoms with Gasteiger partial charge in [-0.25, -0.2) is 4.79 Å². The number of ether oxygens (including phenoxy) is 1. The summed E-state index contributed by atoms with van der Waals surface area (Å²) in [7, 11) is 0. The lowest BCUT2D eigenvalue weighted by Gasteiger charge is -2.34. The van der Waals surface area contributed by atoms with Gasteiger partial charge in [0.15, 0.2) is 0 Å². The molecule has 0 bridgehead atoms. The van der Waals surface area contributed by atoms with Gasteiger partial charge in [0.1, 0.15) is 5.58 Å². The van der Waals surface area contributed by atoms with Crippen LogP contribution in [0.2, 0.25) is 0 Å². The zero-order valence-electron chi connectivity index (χ0n) is 16.1. The van der Waals surface area contributed by atoms with Crippen LogP contribution in [0.15, 0.2) is 51.0 Å². The van der Waals surface area contributed by atoms with Crippen LogP contribution < -0.4 is 10.9 Å². The van der Waals surface area contributed by atoms with E-state index < -0.39 is 0 Å². The molecule has 5 nitrogen and oxygen atoms in total. The Hall–Kier alpha value is -1.99. The molecule has 1 fully saturated rings. The molecule has 0 amide bonds. The Morgan fingerprint density at radius 2 is 2.07 bits per heavy atom. The molecule has 1 saturated heterocycles. The average molecular weight is 399 g/mol. The Morgan fingerprint density at radius 3 is 2.82 bits per heavy atom. The van der Waals surface area contributed by atoms with Gasteiger partial charge in [-0.3, -0.25) is 4.90 Å². The molecule has 3 aromatic rings. The van der Waals surface area contributed by atoms with Crippen LogP contribution in [0.25, 0.3) is 11.0 Å². The minimum Gasteiger partial charge on any atom is -0.423 e. The van der Waals surface area contributed by atoms with E-state index in [0.717, 1.165) is 50.2 Å². The van der Waals surface area contributed by atoms with E-state index in [9.17, 15) is 4.79 Å². The molecule has 0 radical (unpaired) electrons. The average Bonchev–Trinajstić information content (AvgIpc) is 3.25. The lowest BCUT2D eigenvalue weighted by Crippen LogP contribution is -2.42. The second kappa shape index (κ2) is 9.01. The zero-order chi connectivity index (χ0) is 19.3. The summed E-state index contributed by atoms with van der Waals surface area (Å²) in [4.78, 5) is 15.9. The Morgan fingerprint density at radius 1 is 1.21 bits per heavy atom. The van der Waals surface area contributed by atoms with Gasteiger partial charge in [-0.2, -0.15) is 0 Å². The van der Waals surface area contributed by atoms with Crippen molar-refractivity contribution >= 4 is 22.3 Å². The van der Waals surface area contributed by atoms with E-state index in [0.29, 0.717) is 18.2 Å². The van der Waals surface area contributed by atoms with Crippen LogP contribution in [0.5, 0.6) is 0 Å². The van der Waals surface area contributed by atoms with Crippen molar-refractivity contribution in [2.75, 3.05) is 32.8 Å². The fraction of sp³-hybridized carbons (Fsp3) is 0.409. The van der Waals surface area contributed by atoms with Crippen molar-refractivity contribution in [2.45, 2.75) is 25.9 Å². The number of nitrogens with zero attached hydrogens (tertiary/aromatic N) is 1. The summed E-state index contributed by atoms with van der Waals surface area (Å²) in [6, 6.07) is 12.4. The van der Waals surface area contributed by atoms with E-state index in [1.165, 1.54) is 10.4 Å². The van der Waals surface area contributed by atoms with Crippen LogP contribution in [-0.4, -0.2) is 37.7 Å². The maximum atomic E-state index is 12.0. The summed E-state index contributed by atoms with van der Waals surface area (Å²) >= 11 is 1.79. The molecule has 1 aliphatic rings. The van der Waals surface area contributed by atoms with Crippen molar-refractivity contribution in [3.63, 3.8) is 0 Å². The van der Waals surface area contributed by atoms with Gasteiger partial charge in [0.05, 0.1) is 19.3 Å². The summed E-state index contributed by atoms with van der Waals surface area (Å²) in [5.41, 5.74) is 2.54. The number of fused-ring (bicyclic) bond motifs is 1. The summed E-state index contributed by atoms with van der Waals surface area (Å²) in [5, 5.41) is 6.71. The lowest BCUT2D eigenvalue weighted by atomic mass is 10.1. The van der Waals surface area contributed by atoms with Crippen LogP contribution in [0.4, 0.5) is 0 Å². The molecule has 3 heterocycles. The fourth-order valence-electron chi connectivity index (χ4n) is 3.76. The maximum Gasteiger partial charge on any atom is 0.336 e. The first-order valence-electron chi connectivity index (χ1n) is 9.86. The van der Waals surface area contributed by atoms with Gasteiger partial charge < -0.3 is 14.5 Å². The molecular weight excluding hydrogens is 372 g/mol. The molecule has 6 heteroatoms. The Labute approximate surface area is 168 Å². The fourth-order valence-corrected chi connectivity index (χ4v) is 4.62. The number of aryl methyl sites for hydroxylation is 1. The lowest BCUT2D eigenvalue weighted by molar-refractivity contribution is 0.0168. The highest BCUT2D eigenvalue weighted by Gasteiger charge is 2.23. The van der Waals surface area contributed by atoms with Crippen molar-refractivity contribution in [3.8, 4) is 0 Å². The van der Waals surface area contributed by atoms with Gasteiger partial charge in [0, 0.05) is 42.5 Å². The highest BCUT2D eigenvalue weighted by atomic mass is 32.1. The summed E-state index contributed by atoms with van der Waals surface area (Å²) in [6.07, 6.45) is 0.921. The summed E-state index contributed by atoms with van der Waals surface area (Å²) < 4.78 is 10.9. The van der Waals surface area contributed by atoms with Crippen LogP contribution in [0.1, 0.15) is 29.0 Å². The van der Waals surface area contributed by atoms with E-state index in [1.54, 1.807) is 17.4 Å². The minimum atomic E-state index is -0.291. The number of rotatable bonds is 7. The molecule has 2 aromatic heterocycles. The van der Waals surface area contributed by atoms with Gasteiger partial charge in [-0.1, -0.05) is 25.1 Å². The minimum absolute atomic E-state index is 0.291. The first-order chi connectivity index (χ1) is 13.7. The third kappa shape index (κ3) is 4.36. The van der Waals surface area contributed by atoms with Crippen molar-refractivity contribution in [1.82, 2.24) is 10.2 Å². The number of hydrogen-bond donors (Lipinski definition) is 1. The van der Waals surface area contributed by atoms with Crippen LogP contribution in [0.3, 0.4) is 0 Å². The van der Waals surface area contributed by atoms with Crippen LogP contribution in [0, 0.1) is 0 Å². The van der Waals surface area contributed by atoms with Crippen molar-refractivity contribution in [3.05, 3.63) is 68.2 Å². The quantitative estimate of drug-likeness (QED) is 0.617. The number of hydrogen-bond acceptors (Lipinski definition) is 6. The molecule has 1 atom stereocenters. The smallest absolute Gasteiger partial charge is 0.336 e. The van der Waals surface area contributed by atoms with Gasteiger partial charge in [-0.05, 0) is 35.1 Å².